The van der Waals surface area contributed by atoms with Gasteiger partial charge in [-0.15, -0.1) is 0 Å². The Morgan fingerprint density at radius 2 is 2.00 bits per heavy atom. The third-order valence-electron chi connectivity index (χ3n) is 2.43. The van der Waals surface area contributed by atoms with Crippen LogP contribution in [0.1, 0.15) is 35.6 Å². The Morgan fingerprint density at radius 3 is 2.59 bits per heavy atom. The fourth-order valence-electron chi connectivity index (χ4n) is 1.56. The van der Waals surface area contributed by atoms with Crippen LogP contribution in [0.25, 0.3) is 0 Å². The molecule has 1 aromatic heterocycles. The number of nitrogens with zero attached hydrogens (tertiary/aromatic N) is 1. The Hall–Kier alpha value is -1.42. The average molecular weight is 235 g/mol. The molecule has 0 radical (unpaired) electrons. The van der Waals surface area contributed by atoms with Crippen LogP contribution in [0, 0.1) is 13.8 Å². The molecule has 1 aromatic rings. The highest BCUT2D eigenvalue weighted by atomic mass is 16.1. The van der Waals surface area contributed by atoms with Gasteiger partial charge in [0.15, 0.2) is 0 Å². The molecule has 1 heterocycles. The molecular weight excluding hydrogens is 214 g/mol. The summed E-state index contributed by atoms with van der Waals surface area (Å²) >= 11 is 0. The summed E-state index contributed by atoms with van der Waals surface area (Å²) in [6.07, 6.45) is 0. The van der Waals surface area contributed by atoms with Crippen molar-refractivity contribution >= 4 is 5.91 Å². The number of pyridine rings is 1. The van der Waals surface area contributed by atoms with E-state index >= 15 is 0 Å². The van der Waals surface area contributed by atoms with Crippen molar-refractivity contribution in [1.82, 2.24) is 15.6 Å². The van der Waals surface area contributed by atoms with Crippen molar-refractivity contribution < 1.29 is 4.79 Å². The minimum atomic E-state index is -0.0550. The molecule has 4 heteroatoms. The molecule has 0 aliphatic carbocycles. The molecule has 2 N–H and O–H groups in total. The van der Waals surface area contributed by atoms with Crippen molar-refractivity contribution in [3.8, 4) is 0 Å². The Labute approximate surface area is 103 Å². The zero-order valence-corrected chi connectivity index (χ0v) is 11.0. The number of rotatable bonds is 5. The Bertz CT molecular complexity index is 388. The van der Waals surface area contributed by atoms with Gasteiger partial charge in [-0.25, -0.2) is 0 Å². The van der Waals surface area contributed by atoms with E-state index < -0.39 is 0 Å². The summed E-state index contributed by atoms with van der Waals surface area (Å²) in [4.78, 5) is 16.1. The van der Waals surface area contributed by atoms with Crippen LogP contribution in [-0.4, -0.2) is 30.0 Å². The standard InChI is InChI=1S/C13H21N3O/c1-9(2)14-7-8-15-13(17)12-6-5-10(3)16-11(12)4/h5-6,9,14H,7-8H2,1-4H3,(H,15,17). The lowest BCUT2D eigenvalue weighted by Gasteiger charge is -2.10. The van der Waals surface area contributed by atoms with Gasteiger partial charge in [0.2, 0.25) is 0 Å². The number of nitrogens with one attached hydrogen (secondary N) is 2. The number of carbonyl (C=O) groups excluding carboxylic acids is 1. The lowest BCUT2D eigenvalue weighted by Crippen LogP contribution is -2.34. The smallest absolute Gasteiger partial charge is 0.253 e. The van der Waals surface area contributed by atoms with E-state index in [1.54, 1.807) is 0 Å². The first-order chi connectivity index (χ1) is 8.00. The third-order valence-corrected chi connectivity index (χ3v) is 2.43. The van der Waals surface area contributed by atoms with Gasteiger partial charge >= 0.3 is 0 Å². The number of carbonyl (C=O) groups is 1. The number of aryl methyl sites for hydroxylation is 2. The summed E-state index contributed by atoms with van der Waals surface area (Å²) in [5, 5.41) is 6.12. The maximum atomic E-state index is 11.8. The highest BCUT2D eigenvalue weighted by Crippen LogP contribution is 2.05. The fraction of sp³-hybridized carbons (Fsp3) is 0.538. The monoisotopic (exact) mass is 235 g/mol. The van der Waals surface area contributed by atoms with Gasteiger partial charge < -0.3 is 10.6 Å². The highest BCUT2D eigenvalue weighted by Gasteiger charge is 2.08. The number of hydrogen-bond donors (Lipinski definition) is 2. The van der Waals surface area contributed by atoms with Crippen LogP contribution in [0.4, 0.5) is 0 Å². The SMILES string of the molecule is Cc1ccc(C(=O)NCCNC(C)C)c(C)n1. The first kappa shape index (κ1) is 13.6. The molecule has 0 unspecified atom stereocenters. The molecule has 94 valence electrons. The predicted octanol–water partition coefficient (Wildman–Crippen LogP) is 1.43. The van der Waals surface area contributed by atoms with E-state index in [0.717, 1.165) is 17.9 Å². The molecule has 17 heavy (non-hydrogen) atoms. The summed E-state index contributed by atoms with van der Waals surface area (Å²) in [5.74, 6) is -0.0550. The third kappa shape index (κ3) is 4.53. The average Bonchev–Trinajstić information content (AvgIpc) is 2.23. The predicted molar refractivity (Wildman–Crippen MR) is 69.2 cm³/mol. The molecule has 1 amide bonds. The van der Waals surface area contributed by atoms with Crippen LogP contribution in [0.15, 0.2) is 12.1 Å². The van der Waals surface area contributed by atoms with Gasteiger partial charge in [-0.3, -0.25) is 9.78 Å². The van der Waals surface area contributed by atoms with Crippen LogP contribution >= 0.6 is 0 Å². The largest absolute Gasteiger partial charge is 0.351 e. The van der Waals surface area contributed by atoms with Crippen molar-refractivity contribution in [2.75, 3.05) is 13.1 Å². The van der Waals surface area contributed by atoms with Gasteiger partial charge in [-0.1, -0.05) is 13.8 Å². The van der Waals surface area contributed by atoms with Gasteiger partial charge in [0, 0.05) is 24.8 Å². The quantitative estimate of drug-likeness (QED) is 0.759. The molecule has 0 bridgehead atoms. The molecule has 0 aromatic carbocycles. The number of hydrogen-bond acceptors (Lipinski definition) is 3. The van der Waals surface area contributed by atoms with E-state index in [4.69, 9.17) is 0 Å². The van der Waals surface area contributed by atoms with Crippen molar-refractivity contribution in [3.05, 3.63) is 29.1 Å². The first-order valence-electron chi connectivity index (χ1n) is 5.96. The minimum absolute atomic E-state index is 0.0550. The molecule has 0 saturated carbocycles. The summed E-state index contributed by atoms with van der Waals surface area (Å²) in [7, 11) is 0. The lowest BCUT2D eigenvalue weighted by atomic mass is 10.2. The van der Waals surface area contributed by atoms with Crippen LogP contribution < -0.4 is 10.6 Å². The molecule has 1 rings (SSSR count). The van der Waals surface area contributed by atoms with Crippen LogP contribution in [-0.2, 0) is 0 Å². The van der Waals surface area contributed by atoms with E-state index in [0.29, 0.717) is 18.2 Å². The topological polar surface area (TPSA) is 54.0 Å². The molecule has 0 atom stereocenters. The van der Waals surface area contributed by atoms with E-state index in [9.17, 15) is 4.79 Å². The van der Waals surface area contributed by atoms with Gasteiger partial charge in [-0.2, -0.15) is 0 Å². The van der Waals surface area contributed by atoms with E-state index in [-0.39, 0.29) is 5.91 Å². The Kier molecular flexibility index (Phi) is 5.10. The lowest BCUT2D eigenvalue weighted by molar-refractivity contribution is 0.0952. The van der Waals surface area contributed by atoms with Crippen molar-refractivity contribution in [2.45, 2.75) is 33.7 Å². The summed E-state index contributed by atoms with van der Waals surface area (Å²) in [6, 6.07) is 4.12. The van der Waals surface area contributed by atoms with Crippen molar-refractivity contribution in [3.63, 3.8) is 0 Å². The number of amides is 1. The molecular formula is C13H21N3O. The molecule has 0 saturated heterocycles. The minimum Gasteiger partial charge on any atom is -0.351 e. The normalized spacial score (nSPS) is 10.6. The van der Waals surface area contributed by atoms with Gasteiger partial charge in [0.05, 0.1) is 11.3 Å². The van der Waals surface area contributed by atoms with Crippen molar-refractivity contribution in [1.29, 1.82) is 0 Å². The summed E-state index contributed by atoms with van der Waals surface area (Å²) in [6.45, 7) is 9.34. The second-order valence-corrected chi connectivity index (χ2v) is 4.45. The molecule has 4 nitrogen and oxygen atoms in total. The molecule has 0 aliphatic heterocycles. The zero-order valence-electron chi connectivity index (χ0n) is 11.0. The number of aromatic nitrogens is 1. The van der Waals surface area contributed by atoms with E-state index in [1.165, 1.54) is 0 Å². The van der Waals surface area contributed by atoms with Crippen LogP contribution in [0.3, 0.4) is 0 Å². The Balaban J connectivity index is 2.47. The molecule has 0 aliphatic rings. The highest BCUT2D eigenvalue weighted by molar-refractivity contribution is 5.95. The zero-order chi connectivity index (χ0) is 12.8. The van der Waals surface area contributed by atoms with Gasteiger partial charge in [-0.05, 0) is 26.0 Å². The fourth-order valence-corrected chi connectivity index (χ4v) is 1.56. The second-order valence-electron chi connectivity index (χ2n) is 4.45. The summed E-state index contributed by atoms with van der Waals surface area (Å²) < 4.78 is 0. The maximum Gasteiger partial charge on any atom is 0.253 e. The maximum absolute atomic E-state index is 11.8. The Morgan fingerprint density at radius 1 is 1.29 bits per heavy atom. The van der Waals surface area contributed by atoms with Crippen LogP contribution in [0.2, 0.25) is 0 Å². The second kappa shape index (κ2) is 6.35. The van der Waals surface area contributed by atoms with Crippen molar-refractivity contribution in [2.24, 2.45) is 0 Å². The van der Waals surface area contributed by atoms with E-state index in [1.807, 2.05) is 26.0 Å². The van der Waals surface area contributed by atoms with Crippen LogP contribution in [0.5, 0.6) is 0 Å². The van der Waals surface area contributed by atoms with Gasteiger partial charge in [0.25, 0.3) is 5.91 Å². The summed E-state index contributed by atoms with van der Waals surface area (Å²) in [5.41, 5.74) is 2.36. The first-order valence-corrected chi connectivity index (χ1v) is 5.96. The molecule has 0 spiro atoms. The van der Waals surface area contributed by atoms with Gasteiger partial charge in [0.1, 0.15) is 0 Å². The molecule has 0 fully saturated rings. The van der Waals surface area contributed by atoms with E-state index in [2.05, 4.69) is 29.5 Å².